The number of nitro groups is 1. The van der Waals surface area contributed by atoms with Crippen molar-refractivity contribution in [1.29, 1.82) is 0 Å². The molecule has 0 fully saturated rings. The van der Waals surface area contributed by atoms with Gasteiger partial charge in [0.05, 0.1) is 84.5 Å². The van der Waals surface area contributed by atoms with Gasteiger partial charge in [-0.05, 0) is 41.9 Å². The van der Waals surface area contributed by atoms with Crippen LogP contribution >= 0.6 is 0 Å². The number of pyridine rings is 2. The molecule has 314 valence electrons. The van der Waals surface area contributed by atoms with Gasteiger partial charge >= 0.3 is 11.7 Å². The van der Waals surface area contributed by atoms with Crippen molar-refractivity contribution in [2.45, 2.75) is 55.4 Å². The maximum absolute atomic E-state index is 14.4. The Morgan fingerprint density at radius 2 is 0.983 bits per heavy atom. The van der Waals surface area contributed by atoms with E-state index < -0.39 is 34.2 Å². The van der Waals surface area contributed by atoms with Crippen LogP contribution in [-0.4, -0.2) is 72.0 Å². The number of aromatic nitrogens is 2. The first-order valence-electron chi connectivity index (χ1n) is 19.1. The first kappa shape index (κ1) is 45.1. The minimum absolute atomic E-state index is 0.00334. The number of nitrogens with one attached hydrogen (secondary N) is 2. The number of ketones is 1. The van der Waals surface area contributed by atoms with Gasteiger partial charge in [-0.25, -0.2) is 4.79 Å². The SMILES string of the molecule is COC(=O)c1cncc(NC(=O)c2cc(C(=O)c3cncc(NC(=O)c4cc([N+](=O)[O-])c(OCC(C)C)cc4OCC(C)C)c3)c(OCC(C)C)cc2OCC(C)C)c1. The zero-order chi connectivity index (χ0) is 43.4. The van der Waals surface area contributed by atoms with Gasteiger partial charge in [-0.3, -0.25) is 34.5 Å². The van der Waals surface area contributed by atoms with Gasteiger partial charge in [-0.2, -0.15) is 0 Å². The van der Waals surface area contributed by atoms with Crippen LogP contribution in [-0.2, 0) is 4.74 Å². The Balaban J connectivity index is 1.75. The number of anilines is 2. The average molecular weight is 814 g/mol. The molecule has 0 aliphatic heterocycles. The Labute approximate surface area is 343 Å². The Bertz CT molecular complexity index is 2170. The minimum atomic E-state index is -0.758. The minimum Gasteiger partial charge on any atom is -0.492 e. The third-order valence-corrected chi connectivity index (χ3v) is 8.04. The molecule has 0 aliphatic carbocycles. The molecule has 0 radical (unpaired) electrons. The molecule has 59 heavy (non-hydrogen) atoms. The summed E-state index contributed by atoms with van der Waals surface area (Å²) < 4.78 is 28.6. The molecule has 0 spiro atoms. The first-order chi connectivity index (χ1) is 28.0. The maximum Gasteiger partial charge on any atom is 0.339 e. The maximum atomic E-state index is 14.4. The van der Waals surface area contributed by atoms with Crippen LogP contribution in [0.15, 0.2) is 61.2 Å². The van der Waals surface area contributed by atoms with Crippen molar-refractivity contribution in [3.8, 4) is 23.0 Å². The molecule has 16 nitrogen and oxygen atoms in total. The van der Waals surface area contributed by atoms with E-state index in [2.05, 4.69) is 20.6 Å². The number of benzene rings is 2. The van der Waals surface area contributed by atoms with Crippen molar-refractivity contribution in [3.63, 3.8) is 0 Å². The van der Waals surface area contributed by atoms with Crippen molar-refractivity contribution in [2.24, 2.45) is 23.7 Å². The second kappa shape index (κ2) is 20.7. The molecule has 0 saturated carbocycles. The van der Waals surface area contributed by atoms with E-state index in [-0.39, 0.29) is 112 Å². The van der Waals surface area contributed by atoms with Crippen LogP contribution in [0.25, 0.3) is 0 Å². The Morgan fingerprint density at radius 1 is 0.576 bits per heavy atom. The van der Waals surface area contributed by atoms with Crippen LogP contribution < -0.4 is 29.6 Å². The molecule has 0 saturated heterocycles. The third-order valence-electron chi connectivity index (χ3n) is 8.04. The number of carbonyl (C=O) groups excluding carboxylic acids is 4. The molecule has 0 atom stereocenters. The van der Waals surface area contributed by atoms with Crippen LogP contribution in [0.2, 0.25) is 0 Å². The van der Waals surface area contributed by atoms with Crippen molar-refractivity contribution in [1.82, 2.24) is 9.97 Å². The number of hydrogen-bond donors (Lipinski definition) is 2. The molecule has 2 heterocycles. The Morgan fingerprint density at radius 3 is 1.44 bits per heavy atom. The summed E-state index contributed by atoms with van der Waals surface area (Å²) in [5.41, 5.74) is -0.148. The highest BCUT2D eigenvalue weighted by atomic mass is 16.6. The van der Waals surface area contributed by atoms with Gasteiger partial charge in [-0.15, -0.1) is 0 Å². The summed E-state index contributed by atoms with van der Waals surface area (Å²) in [7, 11) is 1.23. The molecular weight excluding hydrogens is 762 g/mol. The summed E-state index contributed by atoms with van der Waals surface area (Å²) in [5, 5.41) is 17.5. The number of carbonyl (C=O) groups is 4. The van der Waals surface area contributed by atoms with Crippen molar-refractivity contribution in [3.05, 3.63) is 99.1 Å². The van der Waals surface area contributed by atoms with E-state index in [1.807, 2.05) is 55.4 Å². The van der Waals surface area contributed by atoms with Crippen molar-refractivity contribution >= 4 is 40.6 Å². The fraction of sp³-hybridized carbons (Fsp3) is 0.395. The lowest BCUT2D eigenvalue weighted by Gasteiger charge is -2.19. The fourth-order valence-electron chi connectivity index (χ4n) is 5.21. The van der Waals surface area contributed by atoms with Gasteiger partial charge in [0.15, 0.2) is 5.78 Å². The summed E-state index contributed by atoms with van der Waals surface area (Å²) in [5.74, 6) is -2.06. The highest BCUT2D eigenvalue weighted by molar-refractivity contribution is 6.15. The summed E-state index contributed by atoms with van der Waals surface area (Å²) >= 11 is 0. The number of nitro benzene ring substituents is 1. The van der Waals surface area contributed by atoms with Crippen LogP contribution in [0.3, 0.4) is 0 Å². The lowest BCUT2D eigenvalue weighted by atomic mass is 9.99. The fourth-order valence-corrected chi connectivity index (χ4v) is 5.21. The molecular formula is C43H51N5O11. The second-order valence-corrected chi connectivity index (χ2v) is 15.4. The Kier molecular flexibility index (Phi) is 15.9. The van der Waals surface area contributed by atoms with Crippen LogP contribution in [0, 0.1) is 33.8 Å². The standard InChI is InChI=1S/C43H51N5O11/c1-24(2)20-56-36-14-37(57-21-25(3)4)33(41(50)47-31-11-29(17-45-19-31)43(52)55-9)12-32(36)40(49)28-10-30(18-44-16-28)46-42(51)34-13-35(48(53)54)39(59-23-27(7)8)15-38(34)58-22-26(5)6/h10-19,24-27H,20-23H2,1-9H3,(H,46,51)(H,47,50). The highest BCUT2D eigenvalue weighted by Gasteiger charge is 2.27. The zero-order valence-electron chi connectivity index (χ0n) is 34.7. The molecule has 0 bridgehead atoms. The smallest absolute Gasteiger partial charge is 0.339 e. The van der Waals surface area contributed by atoms with E-state index in [1.54, 1.807) is 0 Å². The van der Waals surface area contributed by atoms with Crippen molar-refractivity contribution in [2.75, 3.05) is 44.2 Å². The summed E-state index contributed by atoms with van der Waals surface area (Å²) in [6.07, 6.45) is 5.25. The van der Waals surface area contributed by atoms with E-state index in [4.69, 9.17) is 23.7 Å². The molecule has 2 N–H and O–H groups in total. The summed E-state index contributed by atoms with van der Waals surface area (Å²) in [6, 6.07) is 8.05. The van der Waals surface area contributed by atoms with Gasteiger partial charge in [0.25, 0.3) is 11.8 Å². The van der Waals surface area contributed by atoms with Gasteiger partial charge < -0.3 is 34.3 Å². The number of methoxy groups -OCH3 is 1. The first-order valence-corrected chi connectivity index (χ1v) is 19.1. The largest absolute Gasteiger partial charge is 0.492 e. The summed E-state index contributed by atoms with van der Waals surface area (Å²) in [6.45, 7) is 16.3. The van der Waals surface area contributed by atoms with E-state index >= 15 is 0 Å². The normalized spacial score (nSPS) is 11.1. The lowest BCUT2D eigenvalue weighted by molar-refractivity contribution is -0.385. The van der Waals surface area contributed by atoms with Crippen molar-refractivity contribution < 1.29 is 47.8 Å². The van der Waals surface area contributed by atoms with Gasteiger partial charge in [0.2, 0.25) is 5.75 Å². The zero-order valence-corrected chi connectivity index (χ0v) is 34.7. The molecule has 16 heteroatoms. The Hall–Kier alpha value is -6.58. The quantitative estimate of drug-likeness (QED) is 0.0375. The number of nitrogens with zero attached hydrogens (tertiary/aromatic N) is 3. The number of rotatable bonds is 20. The van der Waals surface area contributed by atoms with Gasteiger partial charge in [0.1, 0.15) is 17.2 Å². The highest BCUT2D eigenvalue weighted by Crippen LogP contribution is 2.37. The number of amides is 2. The predicted octanol–water partition coefficient (Wildman–Crippen LogP) is 8.05. The molecule has 4 aromatic rings. The number of esters is 1. The lowest BCUT2D eigenvalue weighted by Crippen LogP contribution is -2.18. The third kappa shape index (κ3) is 12.7. The molecule has 2 aromatic carbocycles. The summed E-state index contributed by atoms with van der Waals surface area (Å²) in [4.78, 5) is 73.8. The molecule has 4 rings (SSSR count). The van der Waals surface area contributed by atoms with Gasteiger partial charge in [-0.1, -0.05) is 55.4 Å². The monoisotopic (exact) mass is 813 g/mol. The van der Waals surface area contributed by atoms with Gasteiger partial charge in [0, 0.05) is 36.2 Å². The van der Waals surface area contributed by atoms with E-state index in [9.17, 15) is 29.3 Å². The topological polar surface area (TPSA) is 207 Å². The predicted molar refractivity (Wildman–Crippen MR) is 220 cm³/mol. The number of hydrogen-bond acceptors (Lipinski definition) is 13. The molecule has 2 aromatic heterocycles. The molecule has 2 amide bonds. The second-order valence-electron chi connectivity index (χ2n) is 15.4. The van der Waals surface area contributed by atoms with Crippen LogP contribution in [0.5, 0.6) is 23.0 Å². The molecule has 0 unspecified atom stereocenters. The number of ether oxygens (including phenoxy) is 5. The van der Waals surface area contributed by atoms with E-state index in [0.717, 1.165) is 6.07 Å². The van der Waals surface area contributed by atoms with Crippen LogP contribution in [0.1, 0.15) is 102 Å². The average Bonchev–Trinajstić information content (AvgIpc) is 3.19. The van der Waals surface area contributed by atoms with E-state index in [0.29, 0.717) is 0 Å². The van der Waals surface area contributed by atoms with Crippen LogP contribution in [0.4, 0.5) is 17.1 Å². The molecule has 0 aliphatic rings. The van der Waals surface area contributed by atoms with E-state index in [1.165, 1.54) is 62.2 Å².